The van der Waals surface area contributed by atoms with Crippen LogP contribution in [0.5, 0.6) is 5.75 Å². The zero-order valence-electron chi connectivity index (χ0n) is 17.3. The van der Waals surface area contributed by atoms with Gasteiger partial charge in [0.05, 0.1) is 28.6 Å². The minimum Gasteiger partial charge on any atom is -0.491 e. The fraction of sp³-hybridized carbons (Fsp3) is 0.318. The van der Waals surface area contributed by atoms with Gasteiger partial charge in [-0.25, -0.2) is 8.42 Å². The number of rotatable bonds is 6. The monoisotopic (exact) mass is 460 g/mol. The van der Waals surface area contributed by atoms with Crippen molar-refractivity contribution in [2.45, 2.75) is 31.0 Å². The average molecular weight is 461 g/mol. The summed E-state index contributed by atoms with van der Waals surface area (Å²) in [6.45, 7) is 4.38. The van der Waals surface area contributed by atoms with Gasteiger partial charge in [0.15, 0.2) is 0 Å². The van der Waals surface area contributed by atoms with E-state index >= 15 is 0 Å². The van der Waals surface area contributed by atoms with E-state index in [1.807, 2.05) is 38.1 Å². The second-order valence-corrected chi connectivity index (χ2v) is 10.6. The van der Waals surface area contributed by atoms with E-state index in [2.05, 4.69) is 0 Å². The first kappa shape index (κ1) is 21.8. The Morgan fingerprint density at radius 1 is 1.19 bits per heavy atom. The van der Waals surface area contributed by atoms with E-state index in [1.54, 1.807) is 24.3 Å². The van der Waals surface area contributed by atoms with Gasteiger partial charge in [0, 0.05) is 23.4 Å². The third-order valence-corrected chi connectivity index (χ3v) is 8.12. The fourth-order valence-corrected chi connectivity index (χ4v) is 6.23. The van der Waals surface area contributed by atoms with E-state index in [0.29, 0.717) is 16.2 Å². The molecule has 4 rings (SSSR count). The number of carbonyl (C=O) groups is 1. The van der Waals surface area contributed by atoms with Gasteiger partial charge in [-0.15, -0.1) is 11.3 Å². The normalized spacial score (nSPS) is 17.8. The molecule has 1 fully saturated rings. The van der Waals surface area contributed by atoms with Crippen LogP contribution in [0.25, 0.3) is 10.1 Å². The molecule has 0 bridgehead atoms. The maximum atomic E-state index is 13.3. The van der Waals surface area contributed by atoms with Crippen LogP contribution < -0.4 is 10.5 Å². The van der Waals surface area contributed by atoms with Crippen molar-refractivity contribution in [3.8, 4) is 5.75 Å². The SMILES string of the molecule is CC(C)Oc1ccc(S(=O)(=O)N2CCOC(c3c(C(N)=O)sc4ccccc34)C2)cc1. The number of fused-ring (bicyclic) bond motifs is 1. The smallest absolute Gasteiger partial charge is 0.259 e. The number of nitrogens with zero attached hydrogens (tertiary/aromatic N) is 1. The second-order valence-electron chi connectivity index (χ2n) is 7.57. The summed E-state index contributed by atoms with van der Waals surface area (Å²) >= 11 is 1.30. The first-order chi connectivity index (χ1) is 14.8. The second kappa shape index (κ2) is 8.58. The van der Waals surface area contributed by atoms with Crippen molar-refractivity contribution in [3.05, 3.63) is 59.0 Å². The molecule has 1 aromatic heterocycles. The molecule has 1 amide bonds. The molecule has 0 aliphatic carbocycles. The number of morpholine rings is 1. The highest BCUT2D eigenvalue weighted by Crippen LogP contribution is 2.38. The van der Waals surface area contributed by atoms with E-state index in [9.17, 15) is 13.2 Å². The third-order valence-electron chi connectivity index (χ3n) is 5.04. The number of sulfonamides is 1. The minimum atomic E-state index is -3.73. The molecule has 164 valence electrons. The van der Waals surface area contributed by atoms with E-state index in [1.165, 1.54) is 15.6 Å². The predicted molar refractivity (Wildman–Crippen MR) is 120 cm³/mol. The first-order valence-electron chi connectivity index (χ1n) is 9.97. The van der Waals surface area contributed by atoms with Gasteiger partial charge < -0.3 is 15.2 Å². The molecular weight excluding hydrogens is 436 g/mol. The van der Waals surface area contributed by atoms with Gasteiger partial charge in [0.2, 0.25) is 10.0 Å². The van der Waals surface area contributed by atoms with Gasteiger partial charge >= 0.3 is 0 Å². The molecular formula is C22H24N2O5S2. The van der Waals surface area contributed by atoms with Crippen molar-refractivity contribution in [2.24, 2.45) is 5.73 Å². The summed E-state index contributed by atoms with van der Waals surface area (Å²) in [6.07, 6.45) is -0.576. The molecule has 0 saturated carbocycles. The van der Waals surface area contributed by atoms with Crippen molar-refractivity contribution in [2.75, 3.05) is 19.7 Å². The Balaban J connectivity index is 1.64. The van der Waals surface area contributed by atoms with Gasteiger partial charge in [-0.1, -0.05) is 18.2 Å². The van der Waals surface area contributed by atoms with Gasteiger partial charge in [0.1, 0.15) is 5.75 Å². The topological polar surface area (TPSA) is 98.9 Å². The van der Waals surface area contributed by atoms with Crippen LogP contribution in [0.1, 0.15) is 35.2 Å². The zero-order chi connectivity index (χ0) is 22.2. The van der Waals surface area contributed by atoms with Crippen LogP contribution in [0, 0.1) is 0 Å². The number of carbonyl (C=O) groups excluding carboxylic acids is 1. The Bertz CT molecular complexity index is 1200. The highest BCUT2D eigenvalue weighted by Gasteiger charge is 2.34. The van der Waals surface area contributed by atoms with Crippen molar-refractivity contribution < 1.29 is 22.7 Å². The van der Waals surface area contributed by atoms with Crippen LogP contribution in [0.2, 0.25) is 0 Å². The highest BCUT2D eigenvalue weighted by atomic mass is 32.2. The molecule has 1 atom stereocenters. The summed E-state index contributed by atoms with van der Waals surface area (Å²) in [5, 5.41) is 0.862. The average Bonchev–Trinajstić information content (AvgIpc) is 3.14. The lowest BCUT2D eigenvalue weighted by Gasteiger charge is -2.32. The molecule has 9 heteroatoms. The van der Waals surface area contributed by atoms with Crippen molar-refractivity contribution in [3.63, 3.8) is 0 Å². The van der Waals surface area contributed by atoms with Gasteiger partial charge in [-0.2, -0.15) is 4.31 Å². The summed E-state index contributed by atoms with van der Waals surface area (Å²) in [6, 6.07) is 14.0. The number of hydrogen-bond donors (Lipinski definition) is 1. The molecule has 1 saturated heterocycles. The largest absolute Gasteiger partial charge is 0.491 e. The zero-order valence-corrected chi connectivity index (χ0v) is 18.9. The molecule has 1 aliphatic heterocycles. The lowest BCUT2D eigenvalue weighted by atomic mass is 10.0. The Labute approximate surface area is 185 Å². The Kier molecular flexibility index (Phi) is 6.02. The Morgan fingerprint density at radius 3 is 2.58 bits per heavy atom. The van der Waals surface area contributed by atoms with Crippen LogP contribution in [0.4, 0.5) is 0 Å². The summed E-state index contributed by atoms with van der Waals surface area (Å²) in [5.74, 6) is 0.0742. The molecule has 31 heavy (non-hydrogen) atoms. The van der Waals surface area contributed by atoms with Gasteiger partial charge in [-0.3, -0.25) is 4.79 Å². The Morgan fingerprint density at radius 2 is 1.90 bits per heavy atom. The van der Waals surface area contributed by atoms with Crippen LogP contribution in [-0.2, 0) is 14.8 Å². The van der Waals surface area contributed by atoms with Crippen molar-refractivity contribution >= 4 is 37.4 Å². The number of thiophene rings is 1. The fourth-order valence-electron chi connectivity index (χ4n) is 3.70. The number of benzene rings is 2. The molecule has 3 aromatic rings. The number of primary amides is 1. The molecule has 1 aliphatic rings. The van der Waals surface area contributed by atoms with Crippen LogP contribution >= 0.6 is 11.3 Å². The summed E-state index contributed by atoms with van der Waals surface area (Å²) in [4.78, 5) is 12.7. The summed E-state index contributed by atoms with van der Waals surface area (Å²) in [7, 11) is -3.73. The van der Waals surface area contributed by atoms with E-state index in [4.69, 9.17) is 15.2 Å². The summed E-state index contributed by atoms with van der Waals surface area (Å²) in [5.41, 5.74) is 6.28. The third kappa shape index (κ3) is 4.31. The summed E-state index contributed by atoms with van der Waals surface area (Å²) < 4.78 is 40.3. The number of amides is 1. The molecule has 0 spiro atoms. The molecule has 7 nitrogen and oxygen atoms in total. The number of ether oxygens (including phenoxy) is 2. The number of nitrogens with two attached hydrogens (primary N) is 1. The highest BCUT2D eigenvalue weighted by molar-refractivity contribution is 7.89. The van der Waals surface area contributed by atoms with Crippen LogP contribution in [-0.4, -0.2) is 44.4 Å². The standard InChI is InChI=1S/C22H24N2O5S2/c1-14(2)29-15-7-9-16(10-8-15)31(26,27)24-11-12-28-18(13-24)20-17-5-3-4-6-19(17)30-21(20)22(23)25/h3-10,14,18H,11-13H2,1-2H3,(H2,23,25). The minimum absolute atomic E-state index is 0.00217. The Hall–Kier alpha value is -2.46. The van der Waals surface area contributed by atoms with E-state index in [-0.39, 0.29) is 30.7 Å². The molecule has 2 N–H and O–H groups in total. The molecule has 2 heterocycles. The maximum Gasteiger partial charge on any atom is 0.259 e. The van der Waals surface area contributed by atoms with Crippen molar-refractivity contribution in [1.82, 2.24) is 4.31 Å². The van der Waals surface area contributed by atoms with E-state index < -0.39 is 22.0 Å². The van der Waals surface area contributed by atoms with Crippen molar-refractivity contribution in [1.29, 1.82) is 0 Å². The lowest BCUT2D eigenvalue weighted by molar-refractivity contribution is -0.00188. The predicted octanol–water partition coefficient (Wildman–Crippen LogP) is 3.55. The van der Waals surface area contributed by atoms with Gasteiger partial charge in [0.25, 0.3) is 5.91 Å². The number of hydrogen-bond acceptors (Lipinski definition) is 6. The van der Waals surface area contributed by atoms with E-state index in [0.717, 1.165) is 10.1 Å². The first-order valence-corrected chi connectivity index (χ1v) is 12.2. The molecule has 0 radical (unpaired) electrons. The molecule has 1 unspecified atom stereocenters. The van der Waals surface area contributed by atoms with Gasteiger partial charge in [-0.05, 0) is 49.6 Å². The quantitative estimate of drug-likeness (QED) is 0.607. The maximum absolute atomic E-state index is 13.3. The lowest BCUT2D eigenvalue weighted by Crippen LogP contribution is -2.42. The van der Waals surface area contributed by atoms with Crippen LogP contribution in [0.3, 0.4) is 0 Å². The molecule has 2 aromatic carbocycles. The van der Waals surface area contributed by atoms with Crippen LogP contribution in [0.15, 0.2) is 53.4 Å².